The smallest absolute Gasteiger partial charge is 0.153 e. The van der Waals surface area contributed by atoms with Crippen LogP contribution in [0.1, 0.15) is 21.7 Å². The van der Waals surface area contributed by atoms with E-state index in [0.29, 0.717) is 11.8 Å². The number of carbonyl (C=O) groups excluding carboxylic acids is 1. The second-order valence-corrected chi connectivity index (χ2v) is 4.01. The highest BCUT2D eigenvalue weighted by atomic mass is 16.3. The van der Waals surface area contributed by atoms with E-state index >= 15 is 0 Å². The van der Waals surface area contributed by atoms with Crippen LogP contribution in [-0.4, -0.2) is 34.2 Å². The number of aromatic hydroxyl groups is 1. The molecule has 0 fully saturated rings. The summed E-state index contributed by atoms with van der Waals surface area (Å²) in [6.45, 7) is 1.75. The molecule has 2 rings (SSSR count). The Morgan fingerprint density at radius 2 is 2.20 bits per heavy atom. The van der Waals surface area contributed by atoms with Gasteiger partial charge in [-0.1, -0.05) is 12.1 Å². The van der Waals surface area contributed by atoms with Gasteiger partial charge in [-0.2, -0.15) is 5.10 Å². The number of phenols is 1. The number of aldehydes is 1. The zero-order valence-electron chi connectivity index (χ0n) is 11.7. The van der Waals surface area contributed by atoms with E-state index in [-0.39, 0.29) is 5.75 Å². The Balaban J connectivity index is 0.000000200. The van der Waals surface area contributed by atoms with Gasteiger partial charge in [0, 0.05) is 26.5 Å². The largest absolute Gasteiger partial charge is 0.507 e. The lowest BCUT2D eigenvalue weighted by atomic mass is 10.1. The number of aromatic nitrogens is 2. The number of imidazole rings is 1. The maximum absolute atomic E-state index is 10.2. The predicted octanol–water partition coefficient (Wildman–Crippen LogP) is 1.49. The molecular formula is C14H18N4O2. The predicted molar refractivity (Wildman–Crippen MR) is 78.1 cm³/mol. The fraction of sp³-hybridized carbons (Fsp3) is 0.214. The van der Waals surface area contributed by atoms with Crippen LogP contribution in [0.3, 0.4) is 0 Å². The molecule has 0 radical (unpaired) electrons. The van der Waals surface area contributed by atoms with Crippen LogP contribution in [0.2, 0.25) is 0 Å². The van der Waals surface area contributed by atoms with E-state index in [1.165, 1.54) is 0 Å². The van der Waals surface area contributed by atoms with Gasteiger partial charge in [-0.3, -0.25) is 4.79 Å². The van der Waals surface area contributed by atoms with Crippen LogP contribution in [0.5, 0.6) is 5.75 Å². The van der Waals surface area contributed by atoms with Gasteiger partial charge in [0.15, 0.2) is 12.1 Å². The van der Waals surface area contributed by atoms with Crippen LogP contribution in [0.25, 0.3) is 0 Å². The summed E-state index contributed by atoms with van der Waals surface area (Å²) in [5.41, 5.74) is 3.72. The molecule has 20 heavy (non-hydrogen) atoms. The third kappa shape index (κ3) is 4.24. The molecule has 0 unspecified atom stereocenters. The SMILES string of the molecule is CN/N=C/c1nccn1C.Cc1cccc(C=O)c1O. The summed E-state index contributed by atoms with van der Waals surface area (Å²) in [4.78, 5) is 14.2. The minimum atomic E-state index is 0.0810. The second-order valence-electron chi connectivity index (χ2n) is 4.01. The maximum Gasteiger partial charge on any atom is 0.153 e. The summed E-state index contributed by atoms with van der Waals surface area (Å²) >= 11 is 0. The lowest BCUT2D eigenvalue weighted by Crippen LogP contribution is -1.99. The average molecular weight is 274 g/mol. The van der Waals surface area contributed by atoms with Crippen LogP contribution >= 0.6 is 0 Å². The number of hydrazone groups is 1. The molecule has 0 aliphatic heterocycles. The third-order valence-corrected chi connectivity index (χ3v) is 2.56. The lowest BCUT2D eigenvalue weighted by molar-refractivity contribution is 0.112. The summed E-state index contributed by atoms with van der Waals surface area (Å²) in [6.07, 6.45) is 5.91. The van der Waals surface area contributed by atoms with E-state index in [1.807, 2.05) is 17.8 Å². The van der Waals surface area contributed by atoms with Gasteiger partial charge in [-0.25, -0.2) is 4.98 Å². The van der Waals surface area contributed by atoms with Crippen molar-refractivity contribution in [2.75, 3.05) is 7.05 Å². The highest BCUT2D eigenvalue weighted by Crippen LogP contribution is 2.18. The van der Waals surface area contributed by atoms with Gasteiger partial charge in [-0.15, -0.1) is 0 Å². The van der Waals surface area contributed by atoms with Crippen molar-refractivity contribution in [3.8, 4) is 5.75 Å². The van der Waals surface area contributed by atoms with Gasteiger partial charge in [0.2, 0.25) is 0 Å². The van der Waals surface area contributed by atoms with E-state index in [1.54, 1.807) is 44.6 Å². The number of benzene rings is 1. The lowest BCUT2D eigenvalue weighted by Gasteiger charge is -1.98. The molecule has 106 valence electrons. The third-order valence-electron chi connectivity index (χ3n) is 2.56. The molecule has 2 N–H and O–H groups in total. The van der Waals surface area contributed by atoms with E-state index in [9.17, 15) is 4.79 Å². The molecule has 1 aromatic heterocycles. The van der Waals surface area contributed by atoms with Crippen LogP contribution in [0, 0.1) is 6.92 Å². The summed E-state index contributed by atoms with van der Waals surface area (Å²) in [6, 6.07) is 5.07. The van der Waals surface area contributed by atoms with Gasteiger partial charge < -0.3 is 15.1 Å². The molecule has 6 heteroatoms. The van der Waals surface area contributed by atoms with Crippen molar-refractivity contribution in [1.29, 1.82) is 0 Å². The molecule has 6 nitrogen and oxygen atoms in total. The summed E-state index contributed by atoms with van der Waals surface area (Å²) in [7, 11) is 3.67. The zero-order chi connectivity index (χ0) is 15.0. The fourth-order valence-electron chi connectivity index (χ4n) is 1.40. The molecule has 0 aliphatic rings. The molecular weight excluding hydrogens is 256 g/mol. The van der Waals surface area contributed by atoms with Crippen LogP contribution < -0.4 is 5.43 Å². The standard InChI is InChI=1S/C8H8O2.C6H10N4/c1-6-3-2-4-7(5-9)8(6)10;1-7-9-5-6-8-3-4-10(6)2/h2-5,10H,1H3;3-5,7H,1-2H3/b;9-5+. The van der Waals surface area contributed by atoms with Gasteiger partial charge in [0.25, 0.3) is 0 Å². The molecule has 0 spiro atoms. The van der Waals surface area contributed by atoms with Gasteiger partial charge in [-0.05, 0) is 18.6 Å². The zero-order valence-corrected chi connectivity index (χ0v) is 11.7. The number of para-hydroxylation sites is 1. The Bertz CT molecular complexity index is 591. The minimum Gasteiger partial charge on any atom is -0.507 e. The normalized spacial score (nSPS) is 9.95. The Morgan fingerprint density at radius 3 is 2.70 bits per heavy atom. The molecule has 2 aromatic rings. The van der Waals surface area contributed by atoms with E-state index in [4.69, 9.17) is 5.11 Å². The van der Waals surface area contributed by atoms with Gasteiger partial charge in [0.1, 0.15) is 5.75 Å². The number of hydrogen-bond donors (Lipinski definition) is 2. The van der Waals surface area contributed by atoms with Gasteiger partial charge in [0.05, 0.1) is 11.8 Å². The van der Waals surface area contributed by atoms with E-state index in [0.717, 1.165) is 11.4 Å². The summed E-state index contributed by atoms with van der Waals surface area (Å²) < 4.78 is 1.89. The fourth-order valence-corrected chi connectivity index (χ4v) is 1.40. The monoisotopic (exact) mass is 274 g/mol. The number of carbonyl (C=O) groups is 1. The summed E-state index contributed by atoms with van der Waals surface area (Å²) in [5, 5.41) is 13.0. The molecule has 1 aromatic carbocycles. The quantitative estimate of drug-likeness (QED) is 0.505. The first-order valence-electron chi connectivity index (χ1n) is 6.01. The second kappa shape index (κ2) is 7.73. The molecule has 0 atom stereocenters. The van der Waals surface area contributed by atoms with Crippen LogP contribution in [0.4, 0.5) is 0 Å². The topological polar surface area (TPSA) is 79.5 Å². The number of hydrogen-bond acceptors (Lipinski definition) is 5. The number of nitrogens with one attached hydrogen (secondary N) is 1. The highest BCUT2D eigenvalue weighted by molar-refractivity contribution is 5.79. The molecule has 1 heterocycles. The molecule has 0 aliphatic carbocycles. The Kier molecular flexibility index (Phi) is 5.96. The first-order chi connectivity index (χ1) is 9.60. The van der Waals surface area contributed by atoms with Crippen molar-refractivity contribution >= 4 is 12.5 Å². The summed E-state index contributed by atoms with van der Waals surface area (Å²) in [5.74, 6) is 0.923. The van der Waals surface area contributed by atoms with Crippen molar-refractivity contribution in [2.24, 2.45) is 12.1 Å². The van der Waals surface area contributed by atoms with Crippen LogP contribution in [0.15, 0.2) is 35.7 Å². The average Bonchev–Trinajstić information content (AvgIpc) is 2.86. The van der Waals surface area contributed by atoms with Crippen molar-refractivity contribution in [3.63, 3.8) is 0 Å². The first kappa shape index (κ1) is 15.4. The van der Waals surface area contributed by atoms with Crippen molar-refractivity contribution in [2.45, 2.75) is 6.92 Å². The number of rotatable bonds is 3. The minimum absolute atomic E-state index is 0.0810. The van der Waals surface area contributed by atoms with Crippen molar-refractivity contribution in [1.82, 2.24) is 15.0 Å². The molecule has 0 amide bonds. The van der Waals surface area contributed by atoms with E-state index < -0.39 is 0 Å². The van der Waals surface area contributed by atoms with E-state index in [2.05, 4.69) is 15.5 Å². The molecule has 0 saturated carbocycles. The first-order valence-corrected chi connectivity index (χ1v) is 6.01. The number of phenolic OH excluding ortho intramolecular Hbond substituents is 1. The Labute approximate surface area is 117 Å². The highest BCUT2D eigenvalue weighted by Gasteiger charge is 1.99. The Hall–Kier alpha value is -2.63. The van der Waals surface area contributed by atoms with Crippen LogP contribution in [-0.2, 0) is 7.05 Å². The van der Waals surface area contributed by atoms with Crippen molar-refractivity contribution in [3.05, 3.63) is 47.5 Å². The number of nitrogens with zero attached hydrogens (tertiary/aromatic N) is 3. The molecule has 0 bridgehead atoms. The molecule has 0 saturated heterocycles. The van der Waals surface area contributed by atoms with Crippen molar-refractivity contribution < 1.29 is 9.90 Å². The Morgan fingerprint density at radius 1 is 1.45 bits per heavy atom. The maximum atomic E-state index is 10.2. The number of aryl methyl sites for hydroxylation is 2. The van der Waals surface area contributed by atoms with Gasteiger partial charge >= 0.3 is 0 Å².